The van der Waals surface area contributed by atoms with E-state index in [1.807, 2.05) is 0 Å². The number of hydrogen-bond acceptors (Lipinski definition) is 5. The summed E-state index contributed by atoms with van der Waals surface area (Å²) in [5, 5.41) is 20.0. The van der Waals surface area contributed by atoms with Crippen LogP contribution in [0.3, 0.4) is 0 Å². The normalized spacial score (nSPS) is 11.1. The molecular formula is C16H10F4N2O5S. The summed E-state index contributed by atoms with van der Waals surface area (Å²) in [5.41, 5.74) is -3.63. The van der Waals surface area contributed by atoms with Crippen LogP contribution >= 0.6 is 11.8 Å². The molecule has 0 unspecified atom stereocenters. The number of amides is 2. The standard InChI is InChI=1S/C16H10F4N2O5S/c17-9-1-4-11(5-2-9)28-8-14(23)21(15(24)25)10-3-6-13(22(26)27)12(7-10)16(18,19)20/h1-7H,8H2,(H,24,25). The fourth-order valence-corrected chi connectivity index (χ4v) is 2.90. The molecular weight excluding hydrogens is 408 g/mol. The number of halogens is 4. The maximum atomic E-state index is 13.1. The number of carbonyl (C=O) groups excluding carboxylic acids is 1. The topological polar surface area (TPSA) is 101 Å². The van der Waals surface area contributed by atoms with Crippen LogP contribution in [0.4, 0.5) is 33.7 Å². The molecule has 0 saturated carbocycles. The number of thioether (sulfide) groups is 1. The number of nitro benzene ring substituents is 1. The number of benzene rings is 2. The second-order valence-electron chi connectivity index (χ2n) is 5.21. The zero-order chi connectivity index (χ0) is 21.1. The summed E-state index contributed by atoms with van der Waals surface area (Å²) in [4.78, 5) is 33.7. The van der Waals surface area contributed by atoms with E-state index in [-0.39, 0.29) is 11.0 Å². The summed E-state index contributed by atoms with van der Waals surface area (Å²) in [5.74, 6) is -2.08. The average molecular weight is 418 g/mol. The number of nitro groups is 1. The predicted molar refractivity (Wildman–Crippen MR) is 90.7 cm³/mol. The first-order valence-electron chi connectivity index (χ1n) is 7.30. The van der Waals surface area contributed by atoms with Crippen molar-refractivity contribution in [2.24, 2.45) is 0 Å². The summed E-state index contributed by atoms with van der Waals surface area (Å²) < 4.78 is 52.1. The molecule has 12 heteroatoms. The van der Waals surface area contributed by atoms with Crippen molar-refractivity contribution in [3.63, 3.8) is 0 Å². The average Bonchev–Trinajstić information content (AvgIpc) is 2.60. The summed E-state index contributed by atoms with van der Waals surface area (Å²) in [6, 6.07) is 6.36. The molecule has 0 aliphatic rings. The highest BCUT2D eigenvalue weighted by molar-refractivity contribution is 8.00. The zero-order valence-electron chi connectivity index (χ0n) is 13.6. The minimum absolute atomic E-state index is 0.0650. The van der Waals surface area contributed by atoms with Crippen LogP contribution in [-0.4, -0.2) is 27.8 Å². The smallest absolute Gasteiger partial charge is 0.423 e. The van der Waals surface area contributed by atoms with Gasteiger partial charge in [-0.25, -0.2) is 14.1 Å². The molecule has 1 N–H and O–H groups in total. The molecule has 0 aliphatic heterocycles. The molecule has 0 atom stereocenters. The molecule has 0 bridgehead atoms. The summed E-state index contributed by atoms with van der Waals surface area (Å²) in [7, 11) is 0. The van der Waals surface area contributed by atoms with Crippen LogP contribution in [0.25, 0.3) is 0 Å². The van der Waals surface area contributed by atoms with Gasteiger partial charge in [0.05, 0.1) is 16.4 Å². The molecule has 0 spiro atoms. The van der Waals surface area contributed by atoms with Gasteiger partial charge in [0.15, 0.2) is 0 Å². The number of carbonyl (C=O) groups is 2. The quantitative estimate of drug-likeness (QED) is 0.331. The van der Waals surface area contributed by atoms with E-state index in [9.17, 15) is 42.4 Å². The first-order valence-corrected chi connectivity index (χ1v) is 8.29. The molecule has 2 aromatic rings. The van der Waals surface area contributed by atoms with E-state index in [1.54, 1.807) is 0 Å². The van der Waals surface area contributed by atoms with Gasteiger partial charge in [-0.3, -0.25) is 14.9 Å². The van der Waals surface area contributed by atoms with Crippen molar-refractivity contribution in [3.05, 3.63) is 64.0 Å². The Labute approximate surface area is 158 Å². The van der Waals surface area contributed by atoms with E-state index in [0.29, 0.717) is 11.0 Å². The SMILES string of the molecule is O=C(O)N(C(=O)CSc1ccc(F)cc1)c1ccc([N+](=O)[O-])c(C(F)(F)F)c1. The molecule has 0 saturated heterocycles. The van der Waals surface area contributed by atoms with Crippen LogP contribution in [-0.2, 0) is 11.0 Å². The number of rotatable bonds is 5. The fourth-order valence-electron chi connectivity index (χ4n) is 2.15. The van der Waals surface area contributed by atoms with E-state index >= 15 is 0 Å². The van der Waals surface area contributed by atoms with Gasteiger partial charge in [0.2, 0.25) is 5.91 Å². The van der Waals surface area contributed by atoms with Gasteiger partial charge < -0.3 is 5.11 Å². The Bertz CT molecular complexity index is 918. The van der Waals surface area contributed by atoms with Crippen LogP contribution in [0.2, 0.25) is 0 Å². The Kier molecular flexibility index (Phi) is 6.23. The van der Waals surface area contributed by atoms with Gasteiger partial charge in [-0.2, -0.15) is 13.2 Å². The molecule has 0 fully saturated rings. The minimum Gasteiger partial charge on any atom is -0.464 e. The van der Waals surface area contributed by atoms with Crippen molar-refractivity contribution in [3.8, 4) is 0 Å². The number of imide groups is 1. The lowest BCUT2D eigenvalue weighted by atomic mass is 10.1. The van der Waals surface area contributed by atoms with Gasteiger partial charge in [-0.15, -0.1) is 11.8 Å². The molecule has 2 amide bonds. The molecule has 2 aromatic carbocycles. The van der Waals surface area contributed by atoms with Crippen molar-refractivity contribution in [1.82, 2.24) is 0 Å². The largest absolute Gasteiger partial charge is 0.464 e. The highest BCUT2D eigenvalue weighted by atomic mass is 32.2. The van der Waals surface area contributed by atoms with Gasteiger partial charge in [-0.05, 0) is 36.4 Å². The third-order valence-corrected chi connectivity index (χ3v) is 4.35. The molecule has 148 valence electrons. The molecule has 0 heterocycles. The highest BCUT2D eigenvalue weighted by Crippen LogP contribution is 2.38. The van der Waals surface area contributed by atoms with Crippen molar-refractivity contribution in [2.75, 3.05) is 10.7 Å². The number of alkyl halides is 3. The van der Waals surface area contributed by atoms with Crippen molar-refractivity contribution < 1.29 is 37.2 Å². The first kappa shape index (κ1) is 21.2. The lowest BCUT2D eigenvalue weighted by Gasteiger charge is -2.18. The highest BCUT2D eigenvalue weighted by Gasteiger charge is 2.39. The Balaban J connectivity index is 2.32. The second-order valence-corrected chi connectivity index (χ2v) is 6.26. The Morgan fingerprint density at radius 2 is 1.75 bits per heavy atom. The van der Waals surface area contributed by atoms with E-state index in [1.165, 1.54) is 12.1 Å². The van der Waals surface area contributed by atoms with Gasteiger partial charge in [0.25, 0.3) is 5.69 Å². The zero-order valence-corrected chi connectivity index (χ0v) is 14.5. The van der Waals surface area contributed by atoms with E-state index in [4.69, 9.17) is 0 Å². The molecule has 2 rings (SSSR count). The summed E-state index contributed by atoms with van der Waals surface area (Å²) in [6.07, 6.45) is -6.99. The van der Waals surface area contributed by atoms with Crippen LogP contribution in [0, 0.1) is 15.9 Å². The number of hydrogen-bond donors (Lipinski definition) is 1. The maximum absolute atomic E-state index is 13.1. The van der Waals surface area contributed by atoms with Crippen LogP contribution in [0.15, 0.2) is 47.4 Å². The Morgan fingerprint density at radius 1 is 1.14 bits per heavy atom. The number of carboxylic acid groups (broad SMARTS) is 1. The van der Waals surface area contributed by atoms with Gasteiger partial charge in [0, 0.05) is 11.0 Å². The van der Waals surface area contributed by atoms with E-state index in [2.05, 4.69) is 0 Å². The molecule has 28 heavy (non-hydrogen) atoms. The predicted octanol–water partition coefficient (Wildman–Crippen LogP) is 4.56. The van der Waals surface area contributed by atoms with Crippen molar-refractivity contribution in [1.29, 1.82) is 0 Å². The molecule has 0 aromatic heterocycles. The summed E-state index contributed by atoms with van der Waals surface area (Å²) >= 11 is 0.844. The third-order valence-electron chi connectivity index (χ3n) is 3.36. The van der Waals surface area contributed by atoms with Crippen LogP contribution in [0.1, 0.15) is 5.56 Å². The van der Waals surface area contributed by atoms with Gasteiger partial charge in [0.1, 0.15) is 11.4 Å². The fraction of sp³-hybridized carbons (Fsp3) is 0.125. The van der Waals surface area contributed by atoms with Crippen LogP contribution in [0.5, 0.6) is 0 Å². The third kappa shape index (κ3) is 4.97. The lowest BCUT2D eigenvalue weighted by Crippen LogP contribution is -2.37. The van der Waals surface area contributed by atoms with Gasteiger partial charge in [-0.1, -0.05) is 0 Å². The number of nitrogens with zero attached hydrogens (tertiary/aromatic N) is 2. The monoisotopic (exact) mass is 418 g/mol. The summed E-state index contributed by atoms with van der Waals surface area (Å²) in [6.45, 7) is 0. The van der Waals surface area contributed by atoms with Crippen molar-refractivity contribution >= 4 is 35.1 Å². The second kappa shape index (κ2) is 8.25. The van der Waals surface area contributed by atoms with Gasteiger partial charge >= 0.3 is 12.3 Å². The van der Waals surface area contributed by atoms with E-state index in [0.717, 1.165) is 30.0 Å². The molecule has 7 nitrogen and oxygen atoms in total. The van der Waals surface area contributed by atoms with Crippen LogP contribution < -0.4 is 4.90 Å². The number of anilines is 1. The van der Waals surface area contributed by atoms with Crippen molar-refractivity contribution in [2.45, 2.75) is 11.1 Å². The first-order chi connectivity index (χ1) is 13.0. The Morgan fingerprint density at radius 3 is 2.25 bits per heavy atom. The lowest BCUT2D eigenvalue weighted by molar-refractivity contribution is -0.388. The molecule has 0 aliphatic carbocycles. The van der Waals surface area contributed by atoms with E-state index < -0.39 is 51.6 Å². The Hall–Kier alpha value is -3.15. The molecule has 0 radical (unpaired) electrons. The maximum Gasteiger partial charge on any atom is 0.423 e. The minimum atomic E-state index is -5.13.